The van der Waals surface area contributed by atoms with Crippen molar-refractivity contribution < 1.29 is 24.3 Å². The van der Waals surface area contributed by atoms with Crippen LogP contribution in [0.4, 0.5) is 5.69 Å². The molecule has 194 valence electrons. The van der Waals surface area contributed by atoms with E-state index in [1.165, 1.54) is 12.8 Å². The molecule has 1 unspecified atom stereocenters. The highest BCUT2D eigenvalue weighted by molar-refractivity contribution is 6.10. The van der Waals surface area contributed by atoms with Crippen LogP contribution in [0.25, 0.3) is 22.4 Å². The molecule has 1 aromatic heterocycles. The van der Waals surface area contributed by atoms with Crippen molar-refractivity contribution in [3.05, 3.63) is 78.1 Å². The van der Waals surface area contributed by atoms with E-state index in [0.29, 0.717) is 35.3 Å². The number of carbonyl (C=O) groups excluding carboxylic acids is 1. The fraction of sp³-hybridized carbons (Fsp3) is 0.267. The first-order chi connectivity index (χ1) is 18.6. The van der Waals surface area contributed by atoms with Gasteiger partial charge in [0.05, 0.1) is 18.8 Å². The van der Waals surface area contributed by atoms with Crippen LogP contribution < -0.4 is 15.0 Å². The number of anilines is 1. The Morgan fingerprint density at radius 1 is 1.03 bits per heavy atom. The first-order valence-electron chi connectivity index (χ1n) is 12.9. The molecule has 8 nitrogen and oxygen atoms in total. The van der Waals surface area contributed by atoms with E-state index < -0.39 is 0 Å². The lowest BCUT2D eigenvalue weighted by molar-refractivity contribution is 0.0985. The minimum absolute atomic E-state index is 0.0643. The molecule has 3 N–H and O–H groups in total. The Bertz CT molecular complexity index is 1460. The molecular formula is C30H29N3O5. The van der Waals surface area contributed by atoms with Gasteiger partial charge in [-0.1, -0.05) is 23.7 Å². The molecule has 0 radical (unpaired) electrons. The number of amides is 1. The van der Waals surface area contributed by atoms with Gasteiger partial charge in [-0.05, 0) is 73.8 Å². The Labute approximate surface area is 220 Å². The summed E-state index contributed by atoms with van der Waals surface area (Å²) in [5.74, 6) is 0.693. The summed E-state index contributed by atoms with van der Waals surface area (Å²) in [5.41, 5.74) is 4.84. The number of nitrogens with zero attached hydrogens (tertiary/aromatic N) is 2. The van der Waals surface area contributed by atoms with Gasteiger partial charge in [0, 0.05) is 34.4 Å². The number of phenols is 2. The standard InChI is InChI=1S/C30H29N3O5/c34-23-7-4-19(5-8-23)26-15-20(6-11-28(26)37-14-12-22-3-1-2-13-31-22)30(36)33-17-21-18-38-32-29(21)25-10-9-24(35)16-27(25)33/h4-11,15-16,18,22,31,34-35H,1-3,12-14,17H2. The number of hydrogen-bond acceptors (Lipinski definition) is 7. The van der Waals surface area contributed by atoms with Gasteiger partial charge < -0.3 is 29.7 Å². The van der Waals surface area contributed by atoms with E-state index in [9.17, 15) is 15.0 Å². The quantitative estimate of drug-likeness (QED) is 0.314. The number of aromatic nitrogens is 1. The second-order valence-corrected chi connectivity index (χ2v) is 9.82. The fourth-order valence-corrected chi connectivity index (χ4v) is 5.26. The van der Waals surface area contributed by atoms with Crippen molar-refractivity contribution in [3.8, 4) is 39.6 Å². The third-order valence-electron chi connectivity index (χ3n) is 7.29. The number of ether oxygens (including phenoxy) is 1. The van der Waals surface area contributed by atoms with Gasteiger partial charge in [0.2, 0.25) is 0 Å². The van der Waals surface area contributed by atoms with Crippen LogP contribution in [0.15, 0.2) is 71.4 Å². The number of nitrogens with one attached hydrogen (secondary N) is 1. The molecule has 1 saturated heterocycles. The molecule has 3 heterocycles. The van der Waals surface area contributed by atoms with Crippen LogP contribution in [0.1, 0.15) is 41.6 Å². The van der Waals surface area contributed by atoms with E-state index in [1.807, 2.05) is 24.3 Å². The summed E-state index contributed by atoms with van der Waals surface area (Å²) in [5, 5.41) is 27.6. The number of aromatic hydroxyl groups is 2. The van der Waals surface area contributed by atoms with Gasteiger partial charge in [-0.3, -0.25) is 4.79 Å². The molecule has 38 heavy (non-hydrogen) atoms. The summed E-state index contributed by atoms with van der Waals surface area (Å²) in [6.45, 7) is 1.88. The zero-order chi connectivity index (χ0) is 26.1. The number of carbonyl (C=O) groups is 1. The topological polar surface area (TPSA) is 108 Å². The highest BCUT2D eigenvalue weighted by atomic mass is 16.5. The van der Waals surface area contributed by atoms with Gasteiger partial charge in [-0.15, -0.1) is 0 Å². The average Bonchev–Trinajstić information content (AvgIpc) is 3.42. The molecule has 6 rings (SSSR count). The Morgan fingerprint density at radius 2 is 1.87 bits per heavy atom. The minimum Gasteiger partial charge on any atom is -0.508 e. The van der Waals surface area contributed by atoms with E-state index in [4.69, 9.17) is 9.26 Å². The largest absolute Gasteiger partial charge is 0.508 e. The minimum atomic E-state index is -0.221. The van der Waals surface area contributed by atoms with Crippen molar-refractivity contribution >= 4 is 11.6 Å². The highest BCUT2D eigenvalue weighted by Crippen LogP contribution is 2.41. The molecule has 0 spiro atoms. The smallest absolute Gasteiger partial charge is 0.258 e. The summed E-state index contributed by atoms with van der Waals surface area (Å²) in [4.78, 5) is 15.5. The molecule has 1 fully saturated rings. The molecule has 0 saturated carbocycles. The molecule has 0 bridgehead atoms. The molecule has 2 aliphatic rings. The Balaban J connectivity index is 1.31. The van der Waals surface area contributed by atoms with E-state index in [1.54, 1.807) is 47.6 Å². The van der Waals surface area contributed by atoms with Crippen LogP contribution in [-0.2, 0) is 6.54 Å². The summed E-state index contributed by atoms with van der Waals surface area (Å²) < 4.78 is 11.4. The van der Waals surface area contributed by atoms with Crippen LogP contribution in [0.5, 0.6) is 17.2 Å². The maximum absolute atomic E-state index is 13.9. The second kappa shape index (κ2) is 10.2. The molecule has 4 aromatic rings. The second-order valence-electron chi connectivity index (χ2n) is 9.82. The van der Waals surface area contributed by atoms with Crippen LogP contribution in [0, 0.1) is 0 Å². The van der Waals surface area contributed by atoms with Gasteiger partial charge in [-0.25, -0.2) is 0 Å². The first-order valence-corrected chi connectivity index (χ1v) is 12.9. The summed E-state index contributed by atoms with van der Waals surface area (Å²) in [6.07, 6.45) is 6.07. The first kappa shape index (κ1) is 24.1. The number of rotatable bonds is 6. The van der Waals surface area contributed by atoms with Crippen LogP contribution >= 0.6 is 0 Å². The van der Waals surface area contributed by atoms with Crippen molar-refractivity contribution in [1.29, 1.82) is 0 Å². The number of hydrogen-bond donors (Lipinski definition) is 3. The van der Waals surface area contributed by atoms with Crippen molar-refractivity contribution in [2.24, 2.45) is 0 Å². The SMILES string of the molecule is O=C(c1ccc(OCCC2CCCCN2)c(-c2ccc(O)cc2)c1)N1Cc2conc2-c2ccc(O)cc21. The molecule has 0 aliphatic carbocycles. The Hall–Kier alpha value is -4.30. The van der Waals surface area contributed by atoms with E-state index in [0.717, 1.165) is 41.6 Å². The predicted octanol–water partition coefficient (Wildman–Crippen LogP) is 5.49. The van der Waals surface area contributed by atoms with Crippen molar-refractivity contribution in [2.45, 2.75) is 38.3 Å². The zero-order valence-corrected chi connectivity index (χ0v) is 20.9. The molecule has 3 aromatic carbocycles. The van der Waals surface area contributed by atoms with Gasteiger partial charge in [-0.2, -0.15) is 0 Å². The normalized spacial score (nSPS) is 16.5. The van der Waals surface area contributed by atoms with E-state index in [-0.39, 0.29) is 24.0 Å². The molecule has 1 atom stereocenters. The lowest BCUT2D eigenvalue weighted by Gasteiger charge is -2.29. The van der Waals surface area contributed by atoms with Crippen molar-refractivity contribution in [2.75, 3.05) is 18.1 Å². The van der Waals surface area contributed by atoms with Crippen LogP contribution in [0.3, 0.4) is 0 Å². The van der Waals surface area contributed by atoms with Crippen LogP contribution in [-0.4, -0.2) is 40.5 Å². The average molecular weight is 512 g/mol. The third kappa shape index (κ3) is 4.70. The van der Waals surface area contributed by atoms with Crippen LogP contribution in [0.2, 0.25) is 0 Å². The lowest BCUT2D eigenvalue weighted by Crippen LogP contribution is -2.35. The number of fused-ring (bicyclic) bond motifs is 3. The predicted molar refractivity (Wildman–Crippen MR) is 143 cm³/mol. The fourth-order valence-electron chi connectivity index (χ4n) is 5.26. The summed E-state index contributed by atoms with van der Waals surface area (Å²) in [6, 6.07) is 17.6. The maximum atomic E-state index is 13.9. The summed E-state index contributed by atoms with van der Waals surface area (Å²) >= 11 is 0. The molecular weight excluding hydrogens is 482 g/mol. The van der Waals surface area contributed by atoms with Gasteiger partial charge in [0.25, 0.3) is 5.91 Å². The van der Waals surface area contributed by atoms with E-state index >= 15 is 0 Å². The summed E-state index contributed by atoms with van der Waals surface area (Å²) in [7, 11) is 0. The zero-order valence-electron chi connectivity index (χ0n) is 20.9. The van der Waals surface area contributed by atoms with Gasteiger partial charge >= 0.3 is 0 Å². The number of benzene rings is 3. The molecule has 1 amide bonds. The monoisotopic (exact) mass is 511 g/mol. The third-order valence-corrected chi connectivity index (χ3v) is 7.29. The Morgan fingerprint density at radius 3 is 2.68 bits per heavy atom. The van der Waals surface area contributed by atoms with E-state index in [2.05, 4.69) is 10.5 Å². The molecule has 8 heteroatoms. The maximum Gasteiger partial charge on any atom is 0.258 e. The van der Waals surface area contributed by atoms with Crippen molar-refractivity contribution in [1.82, 2.24) is 10.5 Å². The highest BCUT2D eigenvalue weighted by Gasteiger charge is 2.30. The Kier molecular flexibility index (Phi) is 6.47. The van der Waals surface area contributed by atoms with Gasteiger partial charge in [0.15, 0.2) is 0 Å². The van der Waals surface area contributed by atoms with Gasteiger partial charge in [0.1, 0.15) is 29.2 Å². The van der Waals surface area contributed by atoms with Crippen molar-refractivity contribution in [3.63, 3.8) is 0 Å². The molecule has 2 aliphatic heterocycles. The number of piperidine rings is 1. The lowest BCUT2D eigenvalue weighted by atomic mass is 9.97. The number of phenolic OH excluding ortho intramolecular Hbond substituents is 2.